The lowest BCUT2D eigenvalue weighted by Crippen LogP contribution is -2.41. The molecular formula is C28H31BFNO5. The molecule has 1 saturated heterocycles. The summed E-state index contributed by atoms with van der Waals surface area (Å²) < 4.78 is 37.7. The van der Waals surface area contributed by atoms with Gasteiger partial charge >= 0.3 is 7.12 Å². The van der Waals surface area contributed by atoms with Crippen molar-refractivity contribution in [2.45, 2.75) is 52.1 Å². The number of halogens is 1. The number of carbonyl (C=O) groups excluding carboxylic acids is 1. The van der Waals surface area contributed by atoms with Crippen LogP contribution in [-0.2, 0) is 27.3 Å². The Bertz CT molecular complexity index is 1230. The average Bonchev–Trinajstić information content (AvgIpc) is 3.07. The van der Waals surface area contributed by atoms with Crippen molar-refractivity contribution in [3.05, 3.63) is 89.2 Å². The molecule has 36 heavy (non-hydrogen) atoms. The van der Waals surface area contributed by atoms with Crippen LogP contribution < -0.4 is 15.5 Å². The molecular weight excluding hydrogens is 460 g/mol. The Balaban J connectivity index is 1.37. The Labute approximate surface area is 211 Å². The summed E-state index contributed by atoms with van der Waals surface area (Å²) in [4.78, 5) is 12.9. The van der Waals surface area contributed by atoms with E-state index < -0.39 is 24.1 Å². The quantitative estimate of drug-likeness (QED) is 0.444. The van der Waals surface area contributed by atoms with Gasteiger partial charge in [0, 0.05) is 16.8 Å². The van der Waals surface area contributed by atoms with Crippen LogP contribution in [0.2, 0.25) is 0 Å². The van der Waals surface area contributed by atoms with Gasteiger partial charge in [-0.05, 0) is 75.1 Å². The minimum atomic E-state index is -0.573. The maximum absolute atomic E-state index is 14.7. The summed E-state index contributed by atoms with van der Waals surface area (Å²) in [6.45, 7) is 8.34. The molecule has 8 heteroatoms. The van der Waals surface area contributed by atoms with Gasteiger partial charge in [-0.2, -0.15) is 0 Å². The highest BCUT2D eigenvalue weighted by atomic mass is 19.1. The zero-order valence-electron chi connectivity index (χ0n) is 21.3. The number of carbonyl (C=O) groups is 1. The van der Waals surface area contributed by atoms with Crippen LogP contribution >= 0.6 is 0 Å². The molecule has 3 aromatic carbocycles. The summed E-state index contributed by atoms with van der Waals surface area (Å²) in [6.07, 6.45) is 0. The van der Waals surface area contributed by atoms with E-state index in [4.69, 9.17) is 18.8 Å². The van der Waals surface area contributed by atoms with Crippen LogP contribution in [0.25, 0.3) is 0 Å². The molecule has 1 aliphatic heterocycles. The molecule has 1 fully saturated rings. The minimum absolute atomic E-state index is 0.105. The van der Waals surface area contributed by atoms with E-state index in [1.807, 2.05) is 58.0 Å². The molecule has 0 bridgehead atoms. The number of hydrogen-bond acceptors (Lipinski definition) is 5. The zero-order chi connectivity index (χ0) is 25.9. The largest absolute Gasteiger partial charge is 0.497 e. The molecule has 6 nitrogen and oxygen atoms in total. The van der Waals surface area contributed by atoms with E-state index in [2.05, 4.69) is 5.32 Å². The summed E-state index contributed by atoms with van der Waals surface area (Å²) in [5, 5.41) is 2.76. The minimum Gasteiger partial charge on any atom is -0.497 e. The Morgan fingerprint density at radius 2 is 1.67 bits per heavy atom. The normalized spacial score (nSPS) is 16.1. The van der Waals surface area contributed by atoms with Crippen molar-refractivity contribution in [2.24, 2.45) is 0 Å². The Kier molecular flexibility index (Phi) is 7.50. The zero-order valence-corrected chi connectivity index (χ0v) is 21.3. The summed E-state index contributed by atoms with van der Waals surface area (Å²) in [5.41, 5.74) is 1.90. The highest BCUT2D eigenvalue weighted by Gasteiger charge is 2.51. The van der Waals surface area contributed by atoms with Crippen molar-refractivity contribution in [1.82, 2.24) is 0 Å². The first kappa shape index (κ1) is 25.9. The molecule has 1 amide bonds. The first-order chi connectivity index (χ1) is 17.1. The van der Waals surface area contributed by atoms with Crippen LogP contribution in [0.3, 0.4) is 0 Å². The molecule has 0 spiro atoms. The van der Waals surface area contributed by atoms with Gasteiger partial charge in [-0.1, -0.05) is 30.3 Å². The smallest absolute Gasteiger partial charge is 0.494 e. The maximum atomic E-state index is 14.7. The molecule has 0 saturated carbocycles. The van der Waals surface area contributed by atoms with E-state index in [9.17, 15) is 9.18 Å². The molecule has 0 atom stereocenters. The molecule has 1 aliphatic rings. The molecule has 0 aliphatic carbocycles. The molecule has 3 aromatic rings. The molecule has 0 radical (unpaired) electrons. The fourth-order valence-corrected chi connectivity index (χ4v) is 3.79. The third kappa shape index (κ3) is 5.78. The number of benzene rings is 3. The molecule has 1 N–H and O–H groups in total. The monoisotopic (exact) mass is 491 g/mol. The van der Waals surface area contributed by atoms with Crippen molar-refractivity contribution in [1.29, 1.82) is 0 Å². The predicted molar refractivity (Wildman–Crippen MR) is 138 cm³/mol. The molecule has 1 heterocycles. The first-order valence-corrected chi connectivity index (χ1v) is 11.8. The van der Waals surface area contributed by atoms with Gasteiger partial charge in [0.25, 0.3) is 5.91 Å². The van der Waals surface area contributed by atoms with Gasteiger partial charge in [-0.25, -0.2) is 4.39 Å². The third-order valence-electron chi connectivity index (χ3n) is 6.65. The second kappa shape index (κ2) is 10.4. The highest BCUT2D eigenvalue weighted by molar-refractivity contribution is 6.62. The van der Waals surface area contributed by atoms with Crippen LogP contribution in [0.5, 0.6) is 5.75 Å². The second-order valence-corrected chi connectivity index (χ2v) is 9.82. The second-order valence-electron chi connectivity index (χ2n) is 9.82. The van der Waals surface area contributed by atoms with Crippen molar-refractivity contribution in [2.75, 3.05) is 12.4 Å². The van der Waals surface area contributed by atoms with E-state index >= 15 is 0 Å². The molecule has 0 aromatic heterocycles. The number of anilines is 1. The van der Waals surface area contributed by atoms with Gasteiger partial charge in [-0.3, -0.25) is 4.79 Å². The number of nitrogens with one attached hydrogen (secondary N) is 1. The van der Waals surface area contributed by atoms with Gasteiger partial charge in [0.15, 0.2) is 0 Å². The molecule has 188 valence electrons. The van der Waals surface area contributed by atoms with Crippen LogP contribution in [0.15, 0.2) is 66.7 Å². The molecule has 4 rings (SSSR count). The van der Waals surface area contributed by atoms with E-state index in [1.165, 1.54) is 6.07 Å². The number of hydrogen-bond donors (Lipinski definition) is 1. The lowest BCUT2D eigenvalue weighted by atomic mass is 9.78. The van der Waals surface area contributed by atoms with E-state index in [0.717, 1.165) is 16.8 Å². The van der Waals surface area contributed by atoms with E-state index in [1.54, 1.807) is 37.4 Å². The van der Waals surface area contributed by atoms with Crippen molar-refractivity contribution in [3.63, 3.8) is 0 Å². The first-order valence-electron chi connectivity index (χ1n) is 11.8. The lowest BCUT2D eigenvalue weighted by molar-refractivity contribution is 0.00578. The number of ether oxygens (including phenoxy) is 2. The van der Waals surface area contributed by atoms with Gasteiger partial charge in [0.05, 0.1) is 31.5 Å². The van der Waals surface area contributed by atoms with Crippen molar-refractivity contribution in [3.8, 4) is 5.75 Å². The summed E-state index contributed by atoms with van der Waals surface area (Å²) in [5.74, 6) is -0.0666. The van der Waals surface area contributed by atoms with Crippen LogP contribution in [0.1, 0.15) is 49.2 Å². The van der Waals surface area contributed by atoms with E-state index in [0.29, 0.717) is 23.4 Å². The number of rotatable bonds is 8. The van der Waals surface area contributed by atoms with E-state index in [-0.39, 0.29) is 12.5 Å². The van der Waals surface area contributed by atoms with Gasteiger partial charge in [-0.15, -0.1) is 0 Å². The van der Waals surface area contributed by atoms with Crippen LogP contribution in [0.4, 0.5) is 10.1 Å². The third-order valence-corrected chi connectivity index (χ3v) is 6.65. The topological polar surface area (TPSA) is 66.0 Å². The standard InChI is InChI=1S/C28H31BFNO5/c1-27(2)28(3,4)36-29(35-27)22-10-7-9-20(15-22)26(32)31-23-13-12-21(25(30)16-23)18-34-17-19-8-6-11-24(14-19)33-5/h6-16H,17-18H2,1-5H3,(H,31,32). The molecule has 0 unspecified atom stereocenters. The number of amides is 1. The summed E-state index contributed by atoms with van der Waals surface area (Å²) in [7, 11) is 1.03. The van der Waals surface area contributed by atoms with Crippen LogP contribution in [-0.4, -0.2) is 31.3 Å². The Morgan fingerprint density at radius 1 is 0.944 bits per heavy atom. The average molecular weight is 491 g/mol. The van der Waals surface area contributed by atoms with Gasteiger partial charge in [0.2, 0.25) is 0 Å². The fourth-order valence-electron chi connectivity index (χ4n) is 3.79. The SMILES string of the molecule is COc1cccc(COCc2ccc(NC(=O)c3cccc(B4OC(C)(C)C(C)(C)O4)c3)cc2F)c1. The van der Waals surface area contributed by atoms with Gasteiger partial charge < -0.3 is 24.1 Å². The van der Waals surface area contributed by atoms with Crippen LogP contribution in [0, 0.1) is 5.82 Å². The summed E-state index contributed by atoms with van der Waals surface area (Å²) >= 11 is 0. The summed E-state index contributed by atoms with van der Waals surface area (Å²) in [6, 6.07) is 19.1. The van der Waals surface area contributed by atoms with Crippen molar-refractivity contribution >= 4 is 24.2 Å². The van der Waals surface area contributed by atoms with Crippen molar-refractivity contribution < 1.29 is 28.0 Å². The fraction of sp³-hybridized carbons (Fsp3) is 0.321. The number of methoxy groups -OCH3 is 1. The lowest BCUT2D eigenvalue weighted by Gasteiger charge is -2.32. The Morgan fingerprint density at radius 3 is 2.36 bits per heavy atom. The van der Waals surface area contributed by atoms with Gasteiger partial charge in [0.1, 0.15) is 11.6 Å². The highest BCUT2D eigenvalue weighted by Crippen LogP contribution is 2.36. The predicted octanol–water partition coefficient (Wildman–Crippen LogP) is 5.10. The Hall–Kier alpha value is -3.20. The maximum Gasteiger partial charge on any atom is 0.494 e.